The van der Waals surface area contributed by atoms with Crippen LogP contribution in [0.1, 0.15) is 41.3 Å². The van der Waals surface area contributed by atoms with Gasteiger partial charge in [0.15, 0.2) is 6.29 Å². The normalized spacial score (nSPS) is 10.5. The second kappa shape index (κ2) is 4.05. The minimum absolute atomic E-state index is 0.497. The second-order valence-corrected chi connectivity index (χ2v) is 4.36. The van der Waals surface area contributed by atoms with Crippen molar-refractivity contribution in [3.8, 4) is 0 Å². The van der Waals surface area contributed by atoms with Gasteiger partial charge in [0, 0.05) is 10.0 Å². The smallest absolute Gasteiger partial charge is 0.151 e. The molecule has 0 fully saturated rings. The largest absolute Gasteiger partial charge is 0.298 e. The molecule has 0 heterocycles. The zero-order valence-electron chi connectivity index (χ0n) is 8.10. The highest BCUT2D eigenvalue weighted by atomic mass is 79.9. The standard InChI is InChI=1S/C11H13BrO/c1-7(2)10-5-11(12)9(6-13)4-8(10)3/h4-7H,1-3H3. The van der Waals surface area contributed by atoms with Crippen LogP contribution in [0.2, 0.25) is 0 Å². The van der Waals surface area contributed by atoms with Crippen molar-refractivity contribution in [3.05, 3.63) is 33.3 Å². The molecule has 2 heteroatoms. The molecule has 0 N–H and O–H groups in total. The average molecular weight is 241 g/mol. The molecule has 0 saturated heterocycles. The van der Waals surface area contributed by atoms with Gasteiger partial charge in [0.2, 0.25) is 0 Å². The Morgan fingerprint density at radius 2 is 2.00 bits per heavy atom. The summed E-state index contributed by atoms with van der Waals surface area (Å²) in [6.45, 7) is 6.33. The van der Waals surface area contributed by atoms with E-state index >= 15 is 0 Å². The average Bonchev–Trinajstić information content (AvgIpc) is 2.07. The van der Waals surface area contributed by atoms with Gasteiger partial charge in [0.1, 0.15) is 0 Å². The molecule has 0 radical (unpaired) electrons. The minimum atomic E-state index is 0.497. The lowest BCUT2D eigenvalue weighted by atomic mass is 9.96. The molecule has 0 aliphatic carbocycles. The van der Waals surface area contributed by atoms with Crippen LogP contribution in [0.15, 0.2) is 16.6 Å². The van der Waals surface area contributed by atoms with Crippen LogP contribution in [0, 0.1) is 6.92 Å². The lowest BCUT2D eigenvalue weighted by molar-refractivity contribution is 0.112. The van der Waals surface area contributed by atoms with Crippen molar-refractivity contribution in [2.45, 2.75) is 26.7 Å². The summed E-state index contributed by atoms with van der Waals surface area (Å²) >= 11 is 3.38. The Morgan fingerprint density at radius 3 is 2.46 bits per heavy atom. The number of hydrogen-bond donors (Lipinski definition) is 0. The lowest BCUT2D eigenvalue weighted by Crippen LogP contribution is -1.94. The quantitative estimate of drug-likeness (QED) is 0.721. The first-order chi connectivity index (χ1) is 6.06. The third-order valence-corrected chi connectivity index (χ3v) is 2.82. The van der Waals surface area contributed by atoms with Crippen LogP contribution >= 0.6 is 15.9 Å². The van der Waals surface area contributed by atoms with Crippen molar-refractivity contribution in [2.75, 3.05) is 0 Å². The second-order valence-electron chi connectivity index (χ2n) is 3.50. The Kier molecular flexibility index (Phi) is 3.26. The minimum Gasteiger partial charge on any atom is -0.298 e. The Morgan fingerprint density at radius 1 is 1.38 bits per heavy atom. The molecule has 0 amide bonds. The summed E-state index contributed by atoms with van der Waals surface area (Å²) in [5, 5.41) is 0. The molecule has 0 aliphatic heterocycles. The summed E-state index contributed by atoms with van der Waals surface area (Å²) in [5.74, 6) is 0.497. The van der Waals surface area contributed by atoms with E-state index < -0.39 is 0 Å². The van der Waals surface area contributed by atoms with Gasteiger partial charge < -0.3 is 0 Å². The van der Waals surface area contributed by atoms with Gasteiger partial charge in [-0.05, 0) is 36.1 Å². The maximum atomic E-state index is 10.6. The predicted molar refractivity (Wildman–Crippen MR) is 58.4 cm³/mol. The van der Waals surface area contributed by atoms with E-state index in [1.165, 1.54) is 11.1 Å². The highest BCUT2D eigenvalue weighted by Gasteiger charge is 2.07. The molecule has 13 heavy (non-hydrogen) atoms. The van der Waals surface area contributed by atoms with E-state index in [0.717, 1.165) is 16.3 Å². The third-order valence-electron chi connectivity index (χ3n) is 2.13. The first kappa shape index (κ1) is 10.5. The number of hydrogen-bond acceptors (Lipinski definition) is 1. The molecular weight excluding hydrogens is 228 g/mol. The summed E-state index contributed by atoms with van der Waals surface area (Å²) in [5.41, 5.74) is 3.19. The molecule has 0 aliphatic rings. The fourth-order valence-corrected chi connectivity index (χ4v) is 1.89. The molecule has 0 unspecified atom stereocenters. The molecule has 0 spiro atoms. The summed E-state index contributed by atoms with van der Waals surface area (Å²) in [4.78, 5) is 10.6. The molecular formula is C11H13BrO. The molecule has 1 rings (SSSR count). The number of aldehydes is 1. The highest BCUT2D eigenvalue weighted by Crippen LogP contribution is 2.25. The first-order valence-electron chi connectivity index (χ1n) is 4.31. The van der Waals surface area contributed by atoms with Gasteiger partial charge in [-0.1, -0.05) is 29.8 Å². The van der Waals surface area contributed by atoms with Crippen LogP contribution in [-0.2, 0) is 0 Å². The number of benzene rings is 1. The molecule has 1 nitrogen and oxygen atoms in total. The monoisotopic (exact) mass is 240 g/mol. The molecule has 0 saturated carbocycles. The molecule has 0 atom stereocenters. The van der Waals surface area contributed by atoms with Crippen LogP contribution in [0.5, 0.6) is 0 Å². The van der Waals surface area contributed by atoms with Crippen LogP contribution < -0.4 is 0 Å². The maximum absolute atomic E-state index is 10.6. The van der Waals surface area contributed by atoms with E-state index in [1.807, 2.05) is 19.1 Å². The summed E-state index contributed by atoms with van der Waals surface area (Å²) in [6.07, 6.45) is 0.876. The van der Waals surface area contributed by atoms with E-state index in [0.29, 0.717) is 5.92 Å². The maximum Gasteiger partial charge on any atom is 0.151 e. The van der Waals surface area contributed by atoms with E-state index in [9.17, 15) is 4.79 Å². The molecule has 1 aromatic carbocycles. The predicted octanol–water partition coefficient (Wildman–Crippen LogP) is 3.69. The van der Waals surface area contributed by atoms with Crippen molar-refractivity contribution < 1.29 is 4.79 Å². The summed E-state index contributed by atoms with van der Waals surface area (Å²) < 4.78 is 0.886. The van der Waals surface area contributed by atoms with Gasteiger partial charge in [-0.25, -0.2) is 0 Å². The van der Waals surface area contributed by atoms with Crippen molar-refractivity contribution in [1.29, 1.82) is 0 Å². The first-order valence-corrected chi connectivity index (χ1v) is 5.10. The Labute approximate surface area is 87.3 Å². The van der Waals surface area contributed by atoms with Gasteiger partial charge >= 0.3 is 0 Å². The SMILES string of the molecule is Cc1cc(C=O)c(Br)cc1C(C)C. The number of carbonyl (C=O) groups excluding carboxylic acids is 1. The number of rotatable bonds is 2. The number of halogens is 1. The topological polar surface area (TPSA) is 17.1 Å². The van der Waals surface area contributed by atoms with Crippen LogP contribution in [-0.4, -0.2) is 6.29 Å². The zero-order chi connectivity index (χ0) is 10.0. The molecule has 0 aromatic heterocycles. The van der Waals surface area contributed by atoms with E-state index in [1.54, 1.807) is 0 Å². The van der Waals surface area contributed by atoms with E-state index in [2.05, 4.69) is 29.8 Å². The molecule has 1 aromatic rings. The molecule has 70 valence electrons. The van der Waals surface area contributed by atoms with Crippen molar-refractivity contribution in [1.82, 2.24) is 0 Å². The van der Waals surface area contributed by atoms with Crippen LogP contribution in [0.25, 0.3) is 0 Å². The van der Waals surface area contributed by atoms with Gasteiger partial charge in [-0.15, -0.1) is 0 Å². The summed E-state index contributed by atoms with van der Waals surface area (Å²) in [6, 6.07) is 3.95. The molecule has 0 bridgehead atoms. The van der Waals surface area contributed by atoms with Crippen molar-refractivity contribution >= 4 is 22.2 Å². The highest BCUT2D eigenvalue weighted by molar-refractivity contribution is 9.10. The van der Waals surface area contributed by atoms with E-state index in [4.69, 9.17) is 0 Å². The Balaban J connectivity index is 3.28. The van der Waals surface area contributed by atoms with Gasteiger partial charge in [0.25, 0.3) is 0 Å². The van der Waals surface area contributed by atoms with Crippen LogP contribution in [0.3, 0.4) is 0 Å². The number of aryl methyl sites for hydroxylation is 1. The Hall–Kier alpha value is -0.630. The Bertz CT molecular complexity index is 329. The third kappa shape index (κ3) is 2.19. The zero-order valence-corrected chi connectivity index (χ0v) is 9.68. The van der Waals surface area contributed by atoms with Crippen molar-refractivity contribution in [2.24, 2.45) is 0 Å². The van der Waals surface area contributed by atoms with Crippen LogP contribution in [0.4, 0.5) is 0 Å². The summed E-state index contributed by atoms with van der Waals surface area (Å²) in [7, 11) is 0. The van der Waals surface area contributed by atoms with Crippen molar-refractivity contribution in [3.63, 3.8) is 0 Å². The fraction of sp³-hybridized carbons (Fsp3) is 0.364. The van der Waals surface area contributed by atoms with Gasteiger partial charge in [0.05, 0.1) is 0 Å². The number of carbonyl (C=O) groups is 1. The lowest BCUT2D eigenvalue weighted by Gasteiger charge is -2.11. The van der Waals surface area contributed by atoms with Gasteiger partial charge in [-0.2, -0.15) is 0 Å². The fourth-order valence-electron chi connectivity index (χ4n) is 1.43. The van der Waals surface area contributed by atoms with Gasteiger partial charge in [-0.3, -0.25) is 4.79 Å². The van der Waals surface area contributed by atoms with E-state index in [-0.39, 0.29) is 0 Å².